The quantitative estimate of drug-likeness (QED) is 0.665. The van der Waals surface area contributed by atoms with E-state index in [1.54, 1.807) is 33.3 Å². The summed E-state index contributed by atoms with van der Waals surface area (Å²) in [7, 11) is 3.10. The Bertz CT molecular complexity index is 477. The highest BCUT2D eigenvalue weighted by Gasteiger charge is 2.09. The van der Waals surface area contributed by atoms with Crippen LogP contribution in [0.2, 0.25) is 0 Å². The third-order valence-electron chi connectivity index (χ3n) is 2.10. The Labute approximate surface area is 119 Å². The molecule has 0 aliphatic carbocycles. The van der Waals surface area contributed by atoms with Gasteiger partial charge in [0.05, 0.1) is 31.5 Å². The summed E-state index contributed by atoms with van der Waals surface area (Å²) in [5.41, 5.74) is 2.98. The molecule has 1 aromatic rings. The van der Waals surface area contributed by atoms with Crippen LogP contribution >= 0.6 is 15.9 Å². The van der Waals surface area contributed by atoms with Gasteiger partial charge in [-0.2, -0.15) is 5.10 Å². The van der Waals surface area contributed by atoms with Gasteiger partial charge in [0, 0.05) is 0 Å². The normalized spacial score (nSPS) is 10.3. The van der Waals surface area contributed by atoms with Crippen molar-refractivity contribution in [3.05, 3.63) is 22.2 Å². The van der Waals surface area contributed by atoms with Crippen molar-refractivity contribution in [1.82, 2.24) is 5.43 Å². The summed E-state index contributed by atoms with van der Waals surface area (Å²) in [6.45, 7) is 2.01. The molecule has 0 saturated carbocycles. The van der Waals surface area contributed by atoms with Crippen LogP contribution in [0, 0.1) is 0 Å². The molecule has 0 unspecified atom stereocenters. The van der Waals surface area contributed by atoms with E-state index >= 15 is 0 Å². The molecule has 0 radical (unpaired) electrons. The van der Waals surface area contributed by atoms with Crippen molar-refractivity contribution >= 4 is 28.2 Å². The maximum atomic E-state index is 11.0. The van der Waals surface area contributed by atoms with Crippen LogP contribution in [0.4, 0.5) is 4.79 Å². The fraction of sp³-hybridized carbons (Fsp3) is 0.333. The number of amides is 1. The minimum absolute atomic E-state index is 0.295. The zero-order valence-electron chi connectivity index (χ0n) is 10.9. The number of nitrogens with zero attached hydrogens (tertiary/aromatic N) is 1. The summed E-state index contributed by atoms with van der Waals surface area (Å²) < 4.78 is 15.8. The fourth-order valence-electron chi connectivity index (χ4n) is 1.34. The van der Waals surface area contributed by atoms with Crippen LogP contribution in [0.1, 0.15) is 12.5 Å². The summed E-state index contributed by atoms with van der Waals surface area (Å²) in [6, 6.07) is 3.53. The van der Waals surface area contributed by atoms with Gasteiger partial charge in [-0.1, -0.05) is 0 Å². The molecule has 6 nitrogen and oxygen atoms in total. The van der Waals surface area contributed by atoms with Gasteiger partial charge in [0.1, 0.15) is 0 Å². The van der Waals surface area contributed by atoms with E-state index in [0.29, 0.717) is 18.1 Å². The molecule has 0 spiro atoms. The lowest BCUT2D eigenvalue weighted by atomic mass is 10.2. The largest absolute Gasteiger partial charge is 0.493 e. The molecule has 7 heteroatoms. The molecule has 0 aliphatic rings. The zero-order valence-corrected chi connectivity index (χ0v) is 12.5. The molecule has 1 N–H and O–H groups in total. The van der Waals surface area contributed by atoms with Crippen LogP contribution in [0.5, 0.6) is 11.5 Å². The highest BCUT2D eigenvalue weighted by atomic mass is 79.9. The maximum absolute atomic E-state index is 11.0. The number of rotatable bonds is 5. The Balaban J connectivity index is 2.82. The van der Waals surface area contributed by atoms with Crippen LogP contribution in [0.25, 0.3) is 0 Å². The van der Waals surface area contributed by atoms with Crippen LogP contribution in [0.15, 0.2) is 21.7 Å². The van der Waals surface area contributed by atoms with Crippen molar-refractivity contribution in [2.75, 3.05) is 20.8 Å². The number of hydrazone groups is 1. The van der Waals surface area contributed by atoms with Gasteiger partial charge in [-0.3, -0.25) is 0 Å². The zero-order chi connectivity index (χ0) is 14.3. The number of carbonyl (C=O) groups excluding carboxylic acids is 1. The van der Waals surface area contributed by atoms with E-state index in [-0.39, 0.29) is 0 Å². The van der Waals surface area contributed by atoms with Gasteiger partial charge in [0.2, 0.25) is 0 Å². The minimum atomic E-state index is -0.599. The van der Waals surface area contributed by atoms with Gasteiger partial charge >= 0.3 is 6.09 Å². The lowest BCUT2D eigenvalue weighted by molar-refractivity contribution is 0.152. The van der Waals surface area contributed by atoms with E-state index in [9.17, 15) is 4.79 Å². The van der Waals surface area contributed by atoms with E-state index in [1.807, 2.05) is 0 Å². The molecule has 0 bridgehead atoms. The first-order valence-corrected chi connectivity index (χ1v) is 6.29. The Morgan fingerprint density at radius 1 is 1.42 bits per heavy atom. The molecule has 19 heavy (non-hydrogen) atoms. The Kier molecular flexibility index (Phi) is 6.14. The second kappa shape index (κ2) is 7.63. The number of nitrogens with one attached hydrogen (secondary N) is 1. The van der Waals surface area contributed by atoms with E-state index in [1.165, 1.54) is 6.21 Å². The number of carbonyl (C=O) groups is 1. The van der Waals surface area contributed by atoms with Crippen LogP contribution in [0.3, 0.4) is 0 Å². The predicted molar refractivity (Wildman–Crippen MR) is 75.0 cm³/mol. The Morgan fingerprint density at radius 3 is 2.74 bits per heavy atom. The van der Waals surface area contributed by atoms with Crippen LogP contribution in [-0.2, 0) is 4.74 Å². The lowest BCUT2D eigenvalue weighted by Crippen LogP contribution is -2.18. The van der Waals surface area contributed by atoms with Crippen molar-refractivity contribution < 1.29 is 19.0 Å². The molecule has 104 valence electrons. The summed E-state index contributed by atoms with van der Waals surface area (Å²) in [6.07, 6.45) is 0.877. The van der Waals surface area contributed by atoms with Crippen LogP contribution in [-0.4, -0.2) is 33.1 Å². The number of methoxy groups -OCH3 is 2. The van der Waals surface area contributed by atoms with E-state index in [0.717, 1.165) is 10.0 Å². The topological polar surface area (TPSA) is 69.2 Å². The number of hydrogen-bond acceptors (Lipinski definition) is 5. The highest BCUT2D eigenvalue weighted by molar-refractivity contribution is 9.10. The standard InChI is InChI=1S/C12H15BrN2O4/c1-4-19-12(16)15-14-7-8-5-9(13)11(18-3)10(6-8)17-2/h5-7H,4H2,1-3H3,(H,15,16)/b14-7+. The molecule has 1 aromatic carbocycles. The minimum Gasteiger partial charge on any atom is -0.493 e. The maximum Gasteiger partial charge on any atom is 0.427 e. The number of ether oxygens (including phenoxy) is 3. The van der Waals surface area contributed by atoms with Crippen molar-refractivity contribution in [2.24, 2.45) is 5.10 Å². The summed E-state index contributed by atoms with van der Waals surface area (Å²) >= 11 is 3.37. The van der Waals surface area contributed by atoms with Gasteiger partial charge in [-0.15, -0.1) is 0 Å². The second-order valence-electron chi connectivity index (χ2n) is 3.33. The smallest absolute Gasteiger partial charge is 0.427 e. The molecule has 0 atom stereocenters. The van der Waals surface area contributed by atoms with Crippen LogP contribution < -0.4 is 14.9 Å². The summed E-state index contributed by atoms with van der Waals surface area (Å²) in [5, 5.41) is 3.77. The van der Waals surface area contributed by atoms with Gasteiger partial charge in [-0.05, 0) is 40.5 Å². The molecule has 0 aromatic heterocycles. The van der Waals surface area contributed by atoms with E-state index in [4.69, 9.17) is 9.47 Å². The van der Waals surface area contributed by atoms with Crippen molar-refractivity contribution in [3.8, 4) is 11.5 Å². The first-order chi connectivity index (χ1) is 9.12. The first-order valence-electron chi connectivity index (χ1n) is 5.49. The molecule has 1 rings (SSSR count). The van der Waals surface area contributed by atoms with Gasteiger partial charge in [0.15, 0.2) is 11.5 Å². The molecule has 0 saturated heterocycles. The third-order valence-corrected chi connectivity index (χ3v) is 2.69. The number of hydrogen-bond donors (Lipinski definition) is 1. The van der Waals surface area contributed by atoms with Gasteiger partial charge < -0.3 is 14.2 Å². The Hall–Kier alpha value is -1.76. The molecule has 0 fully saturated rings. The van der Waals surface area contributed by atoms with Gasteiger partial charge in [-0.25, -0.2) is 10.2 Å². The summed E-state index contributed by atoms with van der Waals surface area (Å²) in [5.74, 6) is 1.16. The number of benzene rings is 1. The molecular weight excluding hydrogens is 316 g/mol. The van der Waals surface area contributed by atoms with Crippen molar-refractivity contribution in [1.29, 1.82) is 0 Å². The first kappa shape index (κ1) is 15.3. The average molecular weight is 331 g/mol. The fourth-order valence-corrected chi connectivity index (χ4v) is 1.96. The van der Waals surface area contributed by atoms with Gasteiger partial charge in [0.25, 0.3) is 0 Å². The SMILES string of the molecule is CCOC(=O)N/N=C/c1cc(Br)c(OC)c(OC)c1. The van der Waals surface area contributed by atoms with E-state index < -0.39 is 6.09 Å². The van der Waals surface area contributed by atoms with Crippen molar-refractivity contribution in [3.63, 3.8) is 0 Å². The van der Waals surface area contributed by atoms with Crippen molar-refractivity contribution in [2.45, 2.75) is 6.92 Å². The second-order valence-corrected chi connectivity index (χ2v) is 4.18. The molecule has 0 heterocycles. The third kappa shape index (κ3) is 4.44. The monoisotopic (exact) mass is 330 g/mol. The predicted octanol–water partition coefficient (Wildman–Crippen LogP) is 2.55. The highest BCUT2D eigenvalue weighted by Crippen LogP contribution is 2.35. The molecule has 0 aliphatic heterocycles. The number of halogens is 1. The lowest BCUT2D eigenvalue weighted by Gasteiger charge is -2.10. The molecular formula is C12H15BrN2O4. The Morgan fingerprint density at radius 2 is 2.16 bits per heavy atom. The molecule has 1 amide bonds. The van der Waals surface area contributed by atoms with E-state index in [2.05, 4.69) is 31.2 Å². The average Bonchev–Trinajstić information content (AvgIpc) is 2.38. The summed E-state index contributed by atoms with van der Waals surface area (Å²) in [4.78, 5) is 11.0.